The summed E-state index contributed by atoms with van der Waals surface area (Å²) in [4.78, 5) is 14.1. The molecule has 1 aliphatic heterocycles. The second-order valence-electron chi connectivity index (χ2n) is 6.70. The zero-order valence-corrected chi connectivity index (χ0v) is 13.4. The van der Waals surface area contributed by atoms with Gasteiger partial charge in [0.1, 0.15) is 5.75 Å². The van der Waals surface area contributed by atoms with E-state index in [1.807, 2.05) is 35.2 Å². The Hall–Kier alpha value is -1.51. The molecule has 2 aliphatic rings. The molecule has 2 fully saturated rings. The van der Waals surface area contributed by atoms with Gasteiger partial charge >= 0.3 is 0 Å². The lowest BCUT2D eigenvalue weighted by Crippen LogP contribution is -2.29. The van der Waals surface area contributed by atoms with E-state index in [0.29, 0.717) is 17.9 Å². The molecule has 0 unspecified atom stereocenters. The first-order valence-corrected chi connectivity index (χ1v) is 8.81. The van der Waals surface area contributed by atoms with Crippen molar-refractivity contribution in [2.45, 2.75) is 57.5 Å². The number of hydrogen-bond donors (Lipinski definition) is 0. The maximum atomic E-state index is 12.1. The maximum Gasteiger partial charge on any atom is 0.222 e. The Morgan fingerprint density at radius 3 is 2.41 bits per heavy atom. The number of amides is 1. The summed E-state index contributed by atoms with van der Waals surface area (Å²) in [6.07, 6.45) is 9.18. The van der Waals surface area contributed by atoms with E-state index in [4.69, 9.17) is 4.74 Å². The van der Waals surface area contributed by atoms with Gasteiger partial charge in [-0.2, -0.15) is 0 Å². The van der Waals surface area contributed by atoms with Crippen molar-refractivity contribution >= 4 is 5.91 Å². The van der Waals surface area contributed by atoms with Gasteiger partial charge < -0.3 is 9.64 Å². The Labute approximate surface area is 133 Å². The number of benzene rings is 1. The quantitative estimate of drug-likeness (QED) is 0.822. The van der Waals surface area contributed by atoms with Gasteiger partial charge in [0.2, 0.25) is 5.91 Å². The first-order valence-electron chi connectivity index (χ1n) is 8.81. The fourth-order valence-corrected chi connectivity index (χ4v) is 3.68. The van der Waals surface area contributed by atoms with Crippen LogP contribution in [0.4, 0.5) is 0 Å². The van der Waals surface area contributed by atoms with Gasteiger partial charge in [-0.1, -0.05) is 18.2 Å². The Balaban J connectivity index is 1.36. The molecule has 22 heavy (non-hydrogen) atoms. The van der Waals surface area contributed by atoms with Crippen LogP contribution in [0.25, 0.3) is 0 Å². The lowest BCUT2D eigenvalue weighted by Gasteiger charge is -2.29. The molecule has 0 N–H and O–H groups in total. The van der Waals surface area contributed by atoms with Crippen molar-refractivity contribution < 1.29 is 9.53 Å². The summed E-state index contributed by atoms with van der Waals surface area (Å²) in [6.45, 7) is 1.97. The third-order valence-electron chi connectivity index (χ3n) is 5.06. The van der Waals surface area contributed by atoms with Gasteiger partial charge in [0.15, 0.2) is 0 Å². The zero-order valence-electron chi connectivity index (χ0n) is 13.4. The summed E-state index contributed by atoms with van der Waals surface area (Å²) in [6, 6.07) is 10.1. The van der Waals surface area contributed by atoms with Crippen molar-refractivity contribution in [1.29, 1.82) is 0 Å². The Morgan fingerprint density at radius 1 is 1.05 bits per heavy atom. The van der Waals surface area contributed by atoms with Crippen LogP contribution in [0.3, 0.4) is 0 Å². The molecule has 1 amide bonds. The van der Waals surface area contributed by atoms with Gasteiger partial charge in [-0.25, -0.2) is 0 Å². The molecule has 3 rings (SSSR count). The lowest BCUT2D eigenvalue weighted by molar-refractivity contribution is -0.130. The molecule has 1 aliphatic carbocycles. The molecular weight excluding hydrogens is 274 g/mol. The number of carbonyl (C=O) groups excluding carboxylic acids is 1. The van der Waals surface area contributed by atoms with Crippen LogP contribution in [-0.4, -0.2) is 30.0 Å². The first kappa shape index (κ1) is 15.4. The van der Waals surface area contributed by atoms with Crippen molar-refractivity contribution in [2.75, 3.05) is 13.1 Å². The molecule has 0 aromatic heterocycles. The minimum Gasteiger partial charge on any atom is -0.490 e. The minimum atomic E-state index is 0.355. The standard InChI is InChI=1S/C19H27NO2/c21-19(20-14-4-5-15-20)13-10-16-8-11-18(12-9-16)22-17-6-2-1-3-7-17/h1-3,6-7,16,18H,4-5,8-15H2. The molecule has 1 saturated carbocycles. The van der Waals surface area contributed by atoms with E-state index >= 15 is 0 Å². The smallest absolute Gasteiger partial charge is 0.222 e. The average Bonchev–Trinajstić information content (AvgIpc) is 3.09. The molecule has 120 valence electrons. The fraction of sp³-hybridized carbons (Fsp3) is 0.632. The Kier molecular flexibility index (Phi) is 5.36. The number of carbonyl (C=O) groups is 1. The molecule has 0 bridgehead atoms. The van der Waals surface area contributed by atoms with Gasteiger partial charge in [-0.15, -0.1) is 0 Å². The lowest BCUT2D eigenvalue weighted by atomic mass is 9.84. The van der Waals surface area contributed by atoms with Crippen LogP contribution >= 0.6 is 0 Å². The number of ether oxygens (including phenoxy) is 1. The predicted octanol–water partition coefficient (Wildman–Crippen LogP) is 4.03. The second-order valence-corrected chi connectivity index (χ2v) is 6.70. The number of nitrogens with zero attached hydrogens (tertiary/aromatic N) is 1. The SMILES string of the molecule is O=C(CCC1CCC(Oc2ccccc2)CC1)N1CCCC1. The molecular formula is C19H27NO2. The highest BCUT2D eigenvalue weighted by Gasteiger charge is 2.24. The number of hydrogen-bond acceptors (Lipinski definition) is 2. The summed E-state index contributed by atoms with van der Waals surface area (Å²) >= 11 is 0. The summed E-state index contributed by atoms with van der Waals surface area (Å²) in [5, 5.41) is 0. The second kappa shape index (κ2) is 7.66. The van der Waals surface area contributed by atoms with E-state index in [1.54, 1.807) is 0 Å². The van der Waals surface area contributed by atoms with E-state index in [9.17, 15) is 4.79 Å². The Morgan fingerprint density at radius 2 is 1.73 bits per heavy atom. The monoisotopic (exact) mass is 301 g/mol. The van der Waals surface area contributed by atoms with Crippen molar-refractivity contribution in [3.63, 3.8) is 0 Å². The molecule has 1 aromatic carbocycles. The number of para-hydroxylation sites is 1. The largest absolute Gasteiger partial charge is 0.490 e. The van der Waals surface area contributed by atoms with Crippen LogP contribution < -0.4 is 4.74 Å². The highest BCUT2D eigenvalue weighted by molar-refractivity contribution is 5.76. The molecule has 3 nitrogen and oxygen atoms in total. The number of rotatable bonds is 5. The van der Waals surface area contributed by atoms with Gasteiger partial charge in [0.05, 0.1) is 6.10 Å². The average molecular weight is 301 g/mol. The zero-order chi connectivity index (χ0) is 15.2. The van der Waals surface area contributed by atoms with Crippen molar-refractivity contribution in [3.05, 3.63) is 30.3 Å². The van der Waals surface area contributed by atoms with Crippen molar-refractivity contribution in [2.24, 2.45) is 5.92 Å². The van der Waals surface area contributed by atoms with Crippen LogP contribution in [0.15, 0.2) is 30.3 Å². The van der Waals surface area contributed by atoms with Crippen LogP contribution in [0, 0.1) is 5.92 Å². The summed E-state index contributed by atoms with van der Waals surface area (Å²) in [5.41, 5.74) is 0. The van der Waals surface area contributed by atoms with Crippen LogP contribution in [0.1, 0.15) is 51.4 Å². The van der Waals surface area contributed by atoms with E-state index < -0.39 is 0 Å². The molecule has 1 saturated heterocycles. The molecule has 3 heteroatoms. The van der Waals surface area contributed by atoms with E-state index in [0.717, 1.165) is 44.5 Å². The normalized spacial score (nSPS) is 25.2. The summed E-state index contributed by atoms with van der Waals surface area (Å²) in [7, 11) is 0. The topological polar surface area (TPSA) is 29.5 Å². The van der Waals surface area contributed by atoms with E-state index in [-0.39, 0.29) is 0 Å². The van der Waals surface area contributed by atoms with Gasteiger partial charge in [-0.05, 0) is 63.0 Å². The molecule has 0 spiro atoms. The molecule has 0 radical (unpaired) electrons. The van der Waals surface area contributed by atoms with Gasteiger partial charge in [-0.3, -0.25) is 4.79 Å². The molecule has 1 aromatic rings. The highest BCUT2D eigenvalue weighted by Crippen LogP contribution is 2.30. The van der Waals surface area contributed by atoms with Crippen molar-refractivity contribution in [3.8, 4) is 5.75 Å². The highest BCUT2D eigenvalue weighted by atomic mass is 16.5. The molecule has 1 heterocycles. The summed E-state index contributed by atoms with van der Waals surface area (Å²) in [5.74, 6) is 2.07. The summed E-state index contributed by atoms with van der Waals surface area (Å²) < 4.78 is 6.04. The maximum absolute atomic E-state index is 12.1. The Bertz CT molecular complexity index is 460. The fourth-order valence-electron chi connectivity index (χ4n) is 3.68. The third kappa shape index (κ3) is 4.25. The van der Waals surface area contributed by atoms with Crippen LogP contribution in [0.2, 0.25) is 0 Å². The van der Waals surface area contributed by atoms with Crippen LogP contribution in [-0.2, 0) is 4.79 Å². The predicted molar refractivity (Wildman–Crippen MR) is 87.9 cm³/mol. The van der Waals surface area contributed by atoms with E-state index in [2.05, 4.69) is 0 Å². The third-order valence-corrected chi connectivity index (χ3v) is 5.06. The van der Waals surface area contributed by atoms with Gasteiger partial charge in [0.25, 0.3) is 0 Å². The first-order chi connectivity index (χ1) is 10.8. The molecule has 0 atom stereocenters. The van der Waals surface area contributed by atoms with Crippen LogP contribution in [0.5, 0.6) is 5.75 Å². The minimum absolute atomic E-state index is 0.355. The number of likely N-dealkylation sites (tertiary alicyclic amines) is 1. The van der Waals surface area contributed by atoms with Crippen molar-refractivity contribution in [1.82, 2.24) is 4.90 Å². The van der Waals surface area contributed by atoms with Gasteiger partial charge in [0, 0.05) is 19.5 Å². The van der Waals surface area contributed by atoms with E-state index in [1.165, 1.54) is 25.7 Å².